The van der Waals surface area contributed by atoms with E-state index in [-0.39, 0.29) is 10.9 Å². The molecule has 0 aliphatic heterocycles. The molecule has 8 heteroatoms. The predicted octanol–water partition coefficient (Wildman–Crippen LogP) is 4.11. The Kier molecular flexibility index (Phi) is 4.90. The molecule has 0 bridgehead atoms. The van der Waals surface area contributed by atoms with Crippen LogP contribution in [-0.4, -0.2) is 23.0 Å². The third kappa shape index (κ3) is 3.52. The van der Waals surface area contributed by atoms with Gasteiger partial charge in [-0.05, 0) is 44.2 Å². The van der Waals surface area contributed by atoms with Crippen LogP contribution in [0.4, 0.5) is 10.1 Å². The lowest BCUT2D eigenvalue weighted by molar-refractivity contribution is -0.123. The third-order valence-corrected chi connectivity index (χ3v) is 4.05. The summed E-state index contributed by atoms with van der Waals surface area (Å²) in [5.41, 5.74) is 1.10. The van der Waals surface area contributed by atoms with Crippen LogP contribution in [0.2, 0.25) is 5.15 Å². The van der Waals surface area contributed by atoms with E-state index in [0.29, 0.717) is 22.2 Å². The van der Waals surface area contributed by atoms with E-state index in [9.17, 15) is 14.0 Å². The smallest absolute Gasteiger partial charge is 0.375 e. The van der Waals surface area contributed by atoms with Crippen LogP contribution in [0, 0.1) is 12.7 Å². The lowest BCUT2D eigenvalue weighted by Gasteiger charge is -2.13. The van der Waals surface area contributed by atoms with Gasteiger partial charge in [0.2, 0.25) is 5.76 Å². The number of esters is 1. The number of carbonyl (C=O) groups excluding carboxylic acids is 2. The number of pyridine rings is 1. The minimum absolute atomic E-state index is 0.0790. The van der Waals surface area contributed by atoms with Crippen LogP contribution < -0.4 is 5.32 Å². The summed E-state index contributed by atoms with van der Waals surface area (Å²) in [7, 11) is 0. The fraction of sp³-hybridized carbons (Fsp3) is 0.167. The second-order valence-electron chi connectivity index (χ2n) is 5.58. The lowest BCUT2D eigenvalue weighted by Crippen LogP contribution is -2.30. The van der Waals surface area contributed by atoms with Crippen molar-refractivity contribution >= 4 is 40.1 Å². The summed E-state index contributed by atoms with van der Waals surface area (Å²) < 4.78 is 23.9. The van der Waals surface area contributed by atoms with Crippen LogP contribution in [0.15, 0.2) is 40.9 Å². The van der Waals surface area contributed by atoms with Crippen molar-refractivity contribution in [2.24, 2.45) is 0 Å². The van der Waals surface area contributed by atoms with Gasteiger partial charge in [-0.15, -0.1) is 0 Å². The maximum Gasteiger partial charge on any atom is 0.375 e. The standard InChI is InChI=1S/C18H14ClFN2O4/c1-9-12-8-11(20)5-6-14(12)26-15(9)18(24)25-10(2)17(23)22-13-4-3-7-21-16(13)19/h3-8,10H,1-2H3,(H,22,23)/t10-/m0/s1. The number of amides is 1. The van der Waals surface area contributed by atoms with Crippen LogP contribution in [0.25, 0.3) is 11.0 Å². The number of halogens is 2. The molecule has 0 saturated heterocycles. The molecule has 1 atom stereocenters. The summed E-state index contributed by atoms with van der Waals surface area (Å²) >= 11 is 5.87. The molecule has 0 spiro atoms. The van der Waals surface area contributed by atoms with Gasteiger partial charge in [-0.3, -0.25) is 4.79 Å². The maximum atomic E-state index is 13.4. The number of ether oxygens (including phenoxy) is 1. The molecule has 1 amide bonds. The van der Waals surface area contributed by atoms with E-state index >= 15 is 0 Å². The van der Waals surface area contributed by atoms with Gasteiger partial charge >= 0.3 is 5.97 Å². The van der Waals surface area contributed by atoms with Crippen molar-refractivity contribution in [1.82, 2.24) is 4.98 Å². The molecular weight excluding hydrogens is 363 g/mol. The quantitative estimate of drug-likeness (QED) is 0.547. The summed E-state index contributed by atoms with van der Waals surface area (Å²) in [6, 6.07) is 7.10. The van der Waals surface area contributed by atoms with Gasteiger partial charge in [0.1, 0.15) is 11.4 Å². The number of carbonyl (C=O) groups is 2. The molecule has 0 aliphatic rings. The summed E-state index contributed by atoms with van der Waals surface area (Å²) in [5, 5.41) is 3.11. The van der Waals surface area contributed by atoms with Crippen LogP contribution in [-0.2, 0) is 9.53 Å². The van der Waals surface area contributed by atoms with Gasteiger partial charge in [-0.1, -0.05) is 11.6 Å². The molecule has 0 radical (unpaired) electrons. The number of hydrogen-bond donors (Lipinski definition) is 1. The molecule has 0 unspecified atom stereocenters. The third-order valence-electron chi connectivity index (χ3n) is 3.75. The average molecular weight is 377 g/mol. The molecule has 2 aromatic heterocycles. The number of benzene rings is 1. The highest BCUT2D eigenvalue weighted by Gasteiger charge is 2.24. The number of nitrogens with one attached hydrogen (secondary N) is 1. The molecule has 0 fully saturated rings. The maximum absolute atomic E-state index is 13.4. The van der Waals surface area contributed by atoms with Crippen LogP contribution >= 0.6 is 11.6 Å². The second kappa shape index (κ2) is 7.13. The van der Waals surface area contributed by atoms with Crippen molar-refractivity contribution in [3.8, 4) is 0 Å². The molecule has 1 N–H and O–H groups in total. The number of anilines is 1. The largest absolute Gasteiger partial charge is 0.449 e. The highest BCUT2D eigenvalue weighted by Crippen LogP contribution is 2.27. The van der Waals surface area contributed by atoms with E-state index in [1.54, 1.807) is 19.1 Å². The van der Waals surface area contributed by atoms with Crippen LogP contribution in [0.1, 0.15) is 23.0 Å². The van der Waals surface area contributed by atoms with Gasteiger partial charge in [-0.25, -0.2) is 14.2 Å². The number of rotatable bonds is 4. The number of nitrogens with zero attached hydrogens (tertiary/aromatic N) is 1. The second-order valence-corrected chi connectivity index (χ2v) is 5.93. The minimum atomic E-state index is -1.11. The molecule has 1 aromatic carbocycles. The first kappa shape index (κ1) is 17.9. The first-order valence-electron chi connectivity index (χ1n) is 7.68. The van der Waals surface area contributed by atoms with Crippen molar-refractivity contribution < 1.29 is 23.1 Å². The van der Waals surface area contributed by atoms with E-state index < -0.39 is 23.8 Å². The van der Waals surface area contributed by atoms with Gasteiger partial charge < -0.3 is 14.5 Å². The number of aryl methyl sites for hydroxylation is 1. The summed E-state index contributed by atoms with van der Waals surface area (Å²) in [5.74, 6) is -1.92. The average Bonchev–Trinajstić information content (AvgIpc) is 2.93. The zero-order chi connectivity index (χ0) is 18.8. The summed E-state index contributed by atoms with van der Waals surface area (Å²) in [6.45, 7) is 3.02. The molecule has 0 aliphatic carbocycles. The van der Waals surface area contributed by atoms with Gasteiger partial charge in [0.05, 0.1) is 5.69 Å². The molecule has 0 saturated carbocycles. The highest BCUT2D eigenvalue weighted by atomic mass is 35.5. The lowest BCUT2D eigenvalue weighted by atomic mass is 10.1. The first-order valence-corrected chi connectivity index (χ1v) is 8.05. The Morgan fingerprint density at radius 1 is 1.35 bits per heavy atom. The van der Waals surface area contributed by atoms with Crippen LogP contribution in [0.5, 0.6) is 0 Å². The SMILES string of the molecule is Cc1c(C(=O)O[C@@H](C)C(=O)Nc2cccnc2Cl)oc2ccc(F)cc12. The zero-order valence-corrected chi connectivity index (χ0v) is 14.6. The van der Waals surface area contributed by atoms with Gasteiger partial charge in [0.15, 0.2) is 11.3 Å². The summed E-state index contributed by atoms with van der Waals surface area (Å²) in [4.78, 5) is 28.3. The van der Waals surface area contributed by atoms with Gasteiger partial charge in [0, 0.05) is 17.1 Å². The van der Waals surface area contributed by atoms with Crippen molar-refractivity contribution in [3.63, 3.8) is 0 Å². The van der Waals surface area contributed by atoms with Crippen molar-refractivity contribution in [2.75, 3.05) is 5.32 Å². The summed E-state index contributed by atoms with van der Waals surface area (Å²) in [6.07, 6.45) is 0.373. The Labute approximate surface area is 152 Å². The number of fused-ring (bicyclic) bond motifs is 1. The molecule has 134 valence electrons. The predicted molar refractivity (Wildman–Crippen MR) is 93.7 cm³/mol. The fourth-order valence-electron chi connectivity index (χ4n) is 2.37. The molecule has 2 heterocycles. The molecular formula is C18H14ClFN2O4. The zero-order valence-electron chi connectivity index (χ0n) is 13.9. The van der Waals surface area contributed by atoms with E-state index in [2.05, 4.69) is 10.3 Å². The first-order chi connectivity index (χ1) is 12.4. The molecule has 3 aromatic rings. The van der Waals surface area contributed by atoms with Crippen molar-refractivity contribution in [1.29, 1.82) is 0 Å². The van der Waals surface area contributed by atoms with Crippen LogP contribution in [0.3, 0.4) is 0 Å². The number of furan rings is 1. The Bertz CT molecular complexity index is 1000. The Balaban J connectivity index is 1.74. The van der Waals surface area contributed by atoms with E-state index in [4.69, 9.17) is 20.8 Å². The molecule has 26 heavy (non-hydrogen) atoms. The van der Waals surface area contributed by atoms with Crippen molar-refractivity contribution in [3.05, 3.63) is 58.8 Å². The topological polar surface area (TPSA) is 81.4 Å². The normalized spacial score (nSPS) is 12.0. The van der Waals surface area contributed by atoms with E-state index in [1.807, 2.05) is 0 Å². The molecule has 3 rings (SSSR count). The van der Waals surface area contributed by atoms with E-state index in [1.165, 1.54) is 31.3 Å². The number of aromatic nitrogens is 1. The van der Waals surface area contributed by atoms with Crippen molar-refractivity contribution in [2.45, 2.75) is 20.0 Å². The highest BCUT2D eigenvalue weighted by molar-refractivity contribution is 6.32. The number of hydrogen-bond acceptors (Lipinski definition) is 5. The Morgan fingerprint density at radius 3 is 2.85 bits per heavy atom. The fourth-order valence-corrected chi connectivity index (χ4v) is 2.54. The molecule has 6 nitrogen and oxygen atoms in total. The minimum Gasteiger partial charge on any atom is -0.449 e. The monoisotopic (exact) mass is 376 g/mol. The van der Waals surface area contributed by atoms with Gasteiger partial charge in [0.25, 0.3) is 5.91 Å². The van der Waals surface area contributed by atoms with Gasteiger partial charge in [-0.2, -0.15) is 0 Å². The Hall–Kier alpha value is -2.93. The van der Waals surface area contributed by atoms with E-state index in [0.717, 1.165) is 0 Å². The Morgan fingerprint density at radius 2 is 2.12 bits per heavy atom.